The minimum absolute atomic E-state index is 0.0785. The van der Waals surface area contributed by atoms with Gasteiger partial charge in [-0.25, -0.2) is 0 Å². The Hall–Kier alpha value is -3.80. The Labute approximate surface area is 181 Å². The zero-order chi connectivity index (χ0) is 21.8. The third-order valence-corrected chi connectivity index (χ3v) is 5.40. The van der Waals surface area contributed by atoms with Gasteiger partial charge in [-0.3, -0.25) is 10.1 Å². The molecule has 0 bridgehead atoms. The molecule has 6 heteroatoms. The van der Waals surface area contributed by atoms with Crippen molar-refractivity contribution in [1.82, 2.24) is 0 Å². The highest BCUT2D eigenvalue weighted by molar-refractivity contribution is 5.65. The van der Waals surface area contributed by atoms with Crippen LogP contribution in [0.1, 0.15) is 29.7 Å². The van der Waals surface area contributed by atoms with Crippen molar-refractivity contribution in [1.29, 1.82) is 0 Å². The fraction of sp³-hybridized carbons (Fsp3) is 0.200. The van der Waals surface area contributed by atoms with Gasteiger partial charge in [-0.1, -0.05) is 24.3 Å². The average Bonchev–Trinajstić information content (AvgIpc) is 2.96. The molecule has 0 fully saturated rings. The van der Waals surface area contributed by atoms with Crippen LogP contribution in [0.4, 0.5) is 11.4 Å². The van der Waals surface area contributed by atoms with E-state index in [-0.39, 0.29) is 16.7 Å². The molecule has 1 unspecified atom stereocenters. The van der Waals surface area contributed by atoms with Gasteiger partial charge >= 0.3 is 0 Å². The fourth-order valence-electron chi connectivity index (χ4n) is 3.96. The monoisotopic (exact) mass is 416 g/mol. The molecule has 0 aliphatic carbocycles. The van der Waals surface area contributed by atoms with Gasteiger partial charge in [0.1, 0.15) is 11.5 Å². The molecule has 3 aromatic rings. The summed E-state index contributed by atoms with van der Waals surface area (Å²) >= 11 is 0. The zero-order valence-electron chi connectivity index (χ0n) is 17.5. The molecular weight excluding hydrogens is 392 g/mol. The maximum absolute atomic E-state index is 11.2. The van der Waals surface area contributed by atoms with Crippen molar-refractivity contribution < 1.29 is 14.4 Å². The van der Waals surface area contributed by atoms with Gasteiger partial charge in [0.25, 0.3) is 5.69 Å². The smallest absolute Gasteiger partial charge is 0.269 e. The molecule has 0 spiro atoms. The van der Waals surface area contributed by atoms with Crippen molar-refractivity contribution in [2.24, 2.45) is 0 Å². The lowest BCUT2D eigenvalue weighted by molar-refractivity contribution is -0.384. The van der Waals surface area contributed by atoms with Crippen molar-refractivity contribution in [3.8, 4) is 5.75 Å². The number of nitrogens with zero attached hydrogens (tertiary/aromatic N) is 2. The van der Waals surface area contributed by atoms with E-state index in [1.165, 1.54) is 0 Å². The van der Waals surface area contributed by atoms with E-state index in [0.717, 1.165) is 33.9 Å². The van der Waals surface area contributed by atoms with E-state index in [4.69, 9.17) is 9.47 Å². The predicted molar refractivity (Wildman–Crippen MR) is 121 cm³/mol. The Morgan fingerprint density at radius 2 is 1.74 bits per heavy atom. The van der Waals surface area contributed by atoms with E-state index < -0.39 is 0 Å². The minimum Gasteiger partial charge on any atom is -0.497 e. The number of fused-ring (bicyclic) bond motifs is 1. The molecule has 1 heterocycles. The van der Waals surface area contributed by atoms with Crippen LogP contribution in [-0.2, 0) is 4.74 Å². The van der Waals surface area contributed by atoms with Gasteiger partial charge in [-0.05, 0) is 66.1 Å². The van der Waals surface area contributed by atoms with Crippen LogP contribution in [0.3, 0.4) is 0 Å². The first-order valence-corrected chi connectivity index (χ1v) is 10.2. The van der Waals surface area contributed by atoms with Crippen LogP contribution in [0.25, 0.3) is 6.08 Å². The molecule has 0 aromatic heterocycles. The largest absolute Gasteiger partial charge is 0.497 e. The van der Waals surface area contributed by atoms with E-state index in [9.17, 15) is 10.1 Å². The molecule has 0 N–H and O–H groups in total. The van der Waals surface area contributed by atoms with Gasteiger partial charge < -0.3 is 14.4 Å². The summed E-state index contributed by atoms with van der Waals surface area (Å²) in [6, 6.07) is 22.8. The van der Waals surface area contributed by atoms with Crippen LogP contribution >= 0.6 is 0 Å². The maximum Gasteiger partial charge on any atom is 0.269 e. The third-order valence-electron chi connectivity index (χ3n) is 5.40. The maximum atomic E-state index is 11.2. The van der Waals surface area contributed by atoms with Crippen LogP contribution in [0.5, 0.6) is 5.75 Å². The average molecular weight is 416 g/mol. The van der Waals surface area contributed by atoms with Crippen LogP contribution in [0.15, 0.2) is 78.6 Å². The summed E-state index contributed by atoms with van der Waals surface area (Å²) < 4.78 is 11.3. The van der Waals surface area contributed by atoms with Gasteiger partial charge in [-0.2, -0.15) is 0 Å². The topological polar surface area (TPSA) is 64.8 Å². The third kappa shape index (κ3) is 4.23. The highest BCUT2D eigenvalue weighted by atomic mass is 16.6. The van der Waals surface area contributed by atoms with Gasteiger partial charge in [0.05, 0.1) is 31.2 Å². The zero-order valence-corrected chi connectivity index (χ0v) is 17.5. The number of hydrogen-bond acceptors (Lipinski definition) is 5. The van der Waals surface area contributed by atoms with Gasteiger partial charge in [0, 0.05) is 17.8 Å². The lowest BCUT2D eigenvalue weighted by atomic mass is 9.93. The summed E-state index contributed by atoms with van der Waals surface area (Å²) in [5.74, 6) is 1.65. The Bertz CT molecular complexity index is 1090. The summed E-state index contributed by atoms with van der Waals surface area (Å²) in [7, 11) is 1.65. The molecule has 1 aliphatic rings. The lowest BCUT2D eigenvalue weighted by Crippen LogP contribution is -2.31. The molecule has 4 rings (SSSR count). The molecule has 6 nitrogen and oxygen atoms in total. The number of anilines is 1. The molecule has 31 heavy (non-hydrogen) atoms. The van der Waals surface area contributed by atoms with E-state index in [0.29, 0.717) is 13.2 Å². The predicted octanol–water partition coefficient (Wildman–Crippen LogP) is 5.59. The minimum atomic E-state index is -0.374. The summed E-state index contributed by atoms with van der Waals surface area (Å²) in [5.41, 5.74) is 4.24. The Balaban J connectivity index is 1.87. The van der Waals surface area contributed by atoms with E-state index in [1.54, 1.807) is 19.2 Å². The number of hydrogen-bond donors (Lipinski definition) is 0. The molecular formula is C25H24N2O4. The number of nitro benzene ring substituents is 1. The van der Waals surface area contributed by atoms with Crippen LogP contribution in [0, 0.1) is 10.1 Å². The fourth-order valence-corrected chi connectivity index (χ4v) is 3.96. The Morgan fingerprint density at radius 1 is 1.03 bits per heavy atom. The molecule has 0 amide bonds. The standard InChI is InChI=1S/C25H24N2O4/c1-3-31-23-16-19-6-4-5-7-24(19)25(18-8-10-21(11-9-18)27(28)29)26(17-23)20-12-14-22(30-2)15-13-20/h4-16,25H,3,17H2,1-2H3. The Morgan fingerprint density at radius 3 is 2.39 bits per heavy atom. The highest BCUT2D eigenvalue weighted by Gasteiger charge is 2.29. The van der Waals surface area contributed by atoms with E-state index >= 15 is 0 Å². The molecule has 1 aliphatic heterocycles. The van der Waals surface area contributed by atoms with Crippen molar-refractivity contribution in [2.75, 3.05) is 25.2 Å². The van der Waals surface area contributed by atoms with Crippen LogP contribution in [-0.4, -0.2) is 25.2 Å². The molecule has 1 atom stereocenters. The molecule has 158 valence electrons. The molecule has 0 saturated carbocycles. The van der Waals surface area contributed by atoms with E-state index in [1.807, 2.05) is 55.5 Å². The first-order chi connectivity index (χ1) is 15.1. The van der Waals surface area contributed by atoms with Crippen molar-refractivity contribution >= 4 is 17.5 Å². The van der Waals surface area contributed by atoms with Crippen molar-refractivity contribution in [2.45, 2.75) is 13.0 Å². The lowest BCUT2D eigenvalue weighted by Gasteiger charge is -2.34. The van der Waals surface area contributed by atoms with Crippen molar-refractivity contribution in [3.63, 3.8) is 0 Å². The number of methoxy groups -OCH3 is 1. The second kappa shape index (κ2) is 8.92. The molecule has 0 radical (unpaired) electrons. The quantitative estimate of drug-likeness (QED) is 0.387. The SMILES string of the molecule is CCOC1=Cc2ccccc2C(c2ccc([N+](=O)[O-])cc2)N(c2ccc(OC)cc2)C1. The number of nitro groups is 1. The van der Waals surface area contributed by atoms with Gasteiger partial charge in [0.15, 0.2) is 0 Å². The first-order valence-electron chi connectivity index (χ1n) is 10.2. The first kappa shape index (κ1) is 20.5. The van der Waals surface area contributed by atoms with Crippen LogP contribution < -0.4 is 9.64 Å². The number of rotatable bonds is 6. The summed E-state index contributed by atoms with van der Waals surface area (Å²) in [6.45, 7) is 3.12. The van der Waals surface area contributed by atoms with E-state index in [2.05, 4.69) is 23.1 Å². The number of non-ortho nitro benzene ring substituents is 1. The molecule has 0 saturated heterocycles. The highest BCUT2D eigenvalue weighted by Crippen LogP contribution is 2.39. The summed E-state index contributed by atoms with van der Waals surface area (Å²) in [5, 5.41) is 11.2. The number of ether oxygens (including phenoxy) is 2. The van der Waals surface area contributed by atoms with Crippen molar-refractivity contribution in [3.05, 3.63) is 105 Å². The second-order valence-corrected chi connectivity index (χ2v) is 7.25. The second-order valence-electron chi connectivity index (χ2n) is 7.25. The molecule has 3 aromatic carbocycles. The normalized spacial score (nSPS) is 15.5. The summed E-state index contributed by atoms with van der Waals surface area (Å²) in [4.78, 5) is 13.0. The summed E-state index contributed by atoms with van der Waals surface area (Å²) in [6.07, 6.45) is 2.08. The van der Waals surface area contributed by atoms with Gasteiger partial charge in [-0.15, -0.1) is 0 Å². The Kier molecular flexibility index (Phi) is 5.89. The van der Waals surface area contributed by atoms with Gasteiger partial charge in [0.2, 0.25) is 0 Å². The number of benzene rings is 3. The van der Waals surface area contributed by atoms with Crippen LogP contribution in [0.2, 0.25) is 0 Å².